The van der Waals surface area contributed by atoms with Gasteiger partial charge >= 0.3 is 0 Å². The number of fused-ring (bicyclic) bond motifs is 3. The van der Waals surface area contributed by atoms with Crippen molar-refractivity contribution < 1.29 is 4.74 Å². The molecule has 1 N–H and O–H groups in total. The van der Waals surface area contributed by atoms with E-state index in [1.165, 1.54) is 13.1 Å². The van der Waals surface area contributed by atoms with Crippen molar-refractivity contribution in [2.24, 2.45) is 0 Å². The summed E-state index contributed by atoms with van der Waals surface area (Å²) in [5, 5.41) is 3.66. The first kappa shape index (κ1) is 14.7. The zero-order chi connectivity index (χ0) is 14.7. The van der Waals surface area contributed by atoms with Gasteiger partial charge in [0.05, 0.1) is 13.2 Å². The standard InChI is InChI=1S/C15H25N5O/c1-3-4-16-13(14-15(21-2)18-6-5-17-14)12-11-19-7-9-20(12)10-8-19/h5-6,12-13,16H,3-4,7-11H2,1-2H3. The first-order valence-electron chi connectivity index (χ1n) is 7.88. The summed E-state index contributed by atoms with van der Waals surface area (Å²) in [6.45, 7) is 8.95. The van der Waals surface area contributed by atoms with Crippen molar-refractivity contribution in [2.45, 2.75) is 25.4 Å². The van der Waals surface area contributed by atoms with Gasteiger partial charge in [0.1, 0.15) is 5.69 Å². The third kappa shape index (κ3) is 3.02. The van der Waals surface area contributed by atoms with Crippen molar-refractivity contribution in [3.63, 3.8) is 0 Å². The van der Waals surface area contributed by atoms with Crippen molar-refractivity contribution in [2.75, 3.05) is 46.4 Å². The van der Waals surface area contributed by atoms with Gasteiger partial charge in [-0.25, -0.2) is 4.98 Å². The van der Waals surface area contributed by atoms with E-state index in [9.17, 15) is 0 Å². The highest BCUT2D eigenvalue weighted by Gasteiger charge is 2.38. The molecule has 3 fully saturated rings. The van der Waals surface area contributed by atoms with Crippen LogP contribution in [-0.2, 0) is 0 Å². The van der Waals surface area contributed by atoms with Crippen molar-refractivity contribution in [1.29, 1.82) is 0 Å². The Labute approximate surface area is 126 Å². The minimum Gasteiger partial charge on any atom is -0.480 e. The Balaban J connectivity index is 1.86. The number of methoxy groups -OCH3 is 1. The molecule has 3 aliphatic rings. The molecule has 0 spiro atoms. The Morgan fingerprint density at radius 3 is 2.67 bits per heavy atom. The monoisotopic (exact) mass is 291 g/mol. The maximum absolute atomic E-state index is 5.43. The number of hydrogen-bond acceptors (Lipinski definition) is 6. The van der Waals surface area contributed by atoms with E-state index in [0.717, 1.165) is 38.3 Å². The highest BCUT2D eigenvalue weighted by molar-refractivity contribution is 5.23. The molecule has 0 amide bonds. The molecule has 116 valence electrons. The molecule has 4 rings (SSSR count). The van der Waals surface area contributed by atoms with E-state index in [2.05, 4.69) is 32.0 Å². The highest BCUT2D eigenvalue weighted by Crippen LogP contribution is 2.29. The van der Waals surface area contributed by atoms with Crippen LogP contribution in [0.15, 0.2) is 12.4 Å². The molecule has 3 saturated heterocycles. The quantitative estimate of drug-likeness (QED) is 0.825. The SMILES string of the molecule is CCCNC(c1nccnc1OC)C1CN2CCN1CC2. The number of piperazine rings is 3. The van der Waals surface area contributed by atoms with Crippen LogP contribution in [0, 0.1) is 0 Å². The van der Waals surface area contributed by atoms with Gasteiger partial charge in [-0.15, -0.1) is 0 Å². The second-order valence-electron chi connectivity index (χ2n) is 5.79. The molecule has 2 unspecified atom stereocenters. The molecule has 3 aliphatic heterocycles. The first-order valence-corrected chi connectivity index (χ1v) is 7.88. The lowest BCUT2D eigenvalue weighted by atomic mass is 9.97. The molecule has 6 heteroatoms. The number of ether oxygens (including phenoxy) is 1. The Morgan fingerprint density at radius 2 is 2.05 bits per heavy atom. The van der Waals surface area contributed by atoms with Crippen molar-refractivity contribution in [3.8, 4) is 5.88 Å². The number of nitrogens with one attached hydrogen (secondary N) is 1. The molecule has 0 radical (unpaired) electrons. The summed E-state index contributed by atoms with van der Waals surface area (Å²) in [6, 6.07) is 0.626. The zero-order valence-corrected chi connectivity index (χ0v) is 13.0. The maximum atomic E-state index is 5.43. The lowest BCUT2D eigenvalue weighted by Gasteiger charge is -2.50. The summed E-state index contributed by atoms with van der Waals surface area (Å²) in [5.74, 6) is 0.642. The second-order valence-corrected chi connectivity index (χ2v) is 5.79. The van der Waals surface area contributed by atoms with Gasteiger partial charge in [-0.2, -0.15) is 0 Å². The number of aromatic nitrogens is 2. The molecule has 4 heterocycles. The summed E-state index contributed by atoms with van der Waals surface area (Å²) in [4.78, 5) is 14.0. The predicted molar refractivity (Wildman–Crippen MR) is 81.4 cm³/mol. The summed E-state index contributed by atoms with van der Waals surface area (Å²) in [6.07, 6.45) is 4.56. The van der Waals surface area contributed by atoms with Gasteiger partial charge in [0.15, 0.2) is 0 Å². The van der Waals surface area contributed by atoms with Gasteiger partial charge in [0.2, 0.25) is 5.88 Å². The van der Waals surface area contributed by atoms with E-state index in [1.807, 2.05) is 0 Å². The van der Waals surface area contributed by atoms with Crippen molar-refractivity contribution in [3.05, 3.63) is 18.1 Å². The van der Waals surface area contributed by atoms with Crippen LogP contribution < -0.4 is 10.1 Å². The normalized spacial score (nSPS) is 29.3. The van der Waals surface area contributed by atoms with Crippen molar-refractivity contribution >= 4 is 0 Å². The lowest BCUT2D eigenvalue weighted by molar-refractivity contribution is -0.00471. The largest absolute Gasteiger partial charge is 0.480 e. The number of hydrogen-bond donors (Lipinski definition) is 1. The van der Waals surface area contributed by atoms with Gasteiger partial charge < -0.3 is 10.1 Å². The number of rotatable bonds is 6. The van der Waals surface area contributed by atoms with E-state index in [0.29, 0.717) is 11.9 Å². The molecular weight excluding hydrogens is 266 g/mol. The van der Waals surface area contributed by atoms with Gasteiger partial charge in [-0.3, -0.25) is 14.8 Å². The highest BCUT2D eigenvalue weighted by atomic mass is 16.5. The van der Waals surface area contributed by atoms with E-state index in [4.69, 9.17) is 4.74 Å². The van der Waals surface area contributed by atoms with Crippen LogP contribution in [0.25, 0.3) is 0 Å². The maximum Gasteiger partial charge on any atom is 0.237 e. The molecule has 0 aliphatic carbocycles. The van der Waals surface area contributed by atoms with Crippen LogP contribution in [0.2, 0.25) is 0 Å². The van der Waals surface area contributed by atoms with Crippen LogP contribution in [0.1, 0.15) is 25.1 Å². The van der Waals surface area contributed by atoms with Crippen LogP contribution in [0.3, 0.4) is 0 Å². The van der Waals surface area contributed by atoms with Crippen molar-refractivity contribution in [1.82, 2.24) is 25.1 Å². The molecular formula is C15H25N5O. The van der Waals surface area contributed by atoms with E-state index < -0.39 is 0 Å². The average Bonchev–Trinajstić information content (AvgIpc) is 2.57. The molecule has 0 saturated carbocycles. The third-order valence-corrected chi connectivity index (χ3v) is 4.50. The molecule has 2 atom stereocenters. The Bertz CT molecular complexity index is 461. The van der Waals surface area contributed by atoms with Crippen LogP contribution in [-0.4, -0.2) is 72.2 Å². The molecule has 21 heavy (non-hydrogen) atoms. The molecule has 6 nitrogen and oxygen atoms in total. The smallest absolute Gasteiger partial charge is 0.237 e. The van der Waals surface area contributed by atoms with E-state index in [-0.39, 0.29) is 6.04 Å². The summed E-state index contributed by atoms with van der Waals surface area (Å²) >= 11 is 0. The Morgan fingerprint density at radius 1 is 1.29 bits per heavy atom. The summed E-state index contributed by atoms with van der Waals surface area (Å²) in [7, 11) is 1.67. The topological polar surface area (TPSA) is 53.5 Å². The zero-order valence-electron chi connectivity index (χ0n) is 13.0. The van der Waals surface area contributed by atoms with E-state index in [1.54, 1.807) is 19.5 Å². The van der Waals surface area contributed by atoms with Crippen LogP contribution in [0.5, 0.6) is 5.88 Å². The minimum absolute atomic E-state index is 0.177. The second kappa shape index (κ2) is 6.68. The fraction of sp³-hybridized carbons (Fsp3) is 0.733. The Kier molecular flexibility index (Phi) is 4.67. The minimum atomic E-state index is 0.177. The van der Waals surface area contributed by atoms with Gasteiger partial charge in [0.25, 0.3) is 0 Å². The molecule has 1 aromatic heterocycles. The fourth-order valence-corrected chi connectivity index (χ4v) is 3.40. The lowest BCUT2D eigenvalue weighted by Crippen LogP contribution is -2.64. The van der Waals surface area contributed by atoms with Crippen LogP contribution >= 0.6 is 0 Å². The molecule has 1 aromatic rings. The average molecular weight is 291 g/mol. The predicted octanol–water partition coefficient (Wildman–Crippen LogP) is 0.526. The number of nitrogens with zero attached hydrogens (tertiary/aromatic N) is 4. The third-order valence-electron chi connectivity index (χ3n) is 4.50. The molecule has 0 aromatic carbocycles. The Hall–Kier alpha value is -1.24. The first-order chi connectivity index (χ1) is 10.3. The fourth-order valence-electron chi connectivity index (χ4n) is 3.40. The van der Waals surface area contributed by atoms with Gasteiger partial charge in [-0.1, -0.05) is 6.92 Å². The van der Waals surface area contributed by atoms with Gasteiger partial charge in [0, 0.05) is 51.2 Å². The van der Waals surface area contributed by atoms with E-state index >= 15 is 0 Å². The summed E-state index contributed by atoms with van der Waals surface area (Å²) in [5.41, 5.74) is 0.937. The summed E-state index contributed by atoms with van der Waals surface area (Å²) < 4.78 is 5.43. The van der Waals surface area contributed by atoms with Crippen LogP contribution in [0.4, 0.5) is 0 Å². The van der Waals surface area contributed by atoms with Gasteiger partial charge in [-0.05, 0) is 13.0 Å². The molecule has 2 bridgehead atoms.